The fourth-order valence-electron chi connectivity index (χ4n) is 6.21. The molecule has 304 valence electrons. The quantitative estimate of drug-likeness (QED) is 0.106. The Kier molecular flexibility index (Phi) is 12.4. The Labute approximate surface area is 332 Å². The SMILES string of the molecule is C=Cc1c(F)c(F)c(S(=O)(=O)N(CC(=O)N(Cc2cc(C3CC3)cc(C(C)(C)C)c2)c2ccc(C(=O)O)cc2OC)Cc2c(F)cccc2C(F)(F)F)c(Br)c1F. The summed E-state index contributed by atoms with van der Waals surface area (Å²) >= 11 is 2.62. The Morgan fingerprint density at radius 2 is 1.63 bits per heavy atom. The summed E-state index contributed by atoms with van der Waals surface area (Å²) in [5, 5.41) is 9.64. The van der Waals surface area contributed by atoms with Crippen LogP contribution >= 0.6 is 15.9 Å². The van der Waals surface area contributed by atoms with Crippen molar-refractivity contribution in [3.05, 3.63) is 128 Å². The van der Waals surface area contributed by atoms with Crippen LogP contribution < -0.4 is 9.64 Å². The van der Waals surface area contributed by atoms with E-state index in [1.165, 1.54) is 13.2 Å². The lowest BCUT2D eigenvalue weighted by atomic mass is 9.84. The largest absolute Gasteiger partial charge is 0.495 e. The fourth-order valence-corrected chi connectivity index (χ4v) is 8.68. The average Bonchev–Trinajstić information content (AvgIpc) is 3.98. The molecule has 0 radical (unpaired) electrons. The number of amides is 1. The van der Waals surface area contributed by atoms with Gasteiger partial charge in [-0.1, -0.05) is 57.7 Å². The first-order valence-corrected chi connectivity index (χ1v) is 19.4. The van der Waals surface area contributed by atoms with Crippen LogP contribution in [0.25, 0.3) is 6.08 Å². The number of methoxy groups -OCH3 is 1. The standard InChI is InChI=1S/C40H36BrF7N2O6S/c1-6-26-34(43)33(41)37(36(45)35(26)44)57(54,55)49(19-27-28(40(46,47)48)8-7-9-29(27)42)20-32(51)50(30-13-12-23(38(52)53)17-31(30)56-5)18-21-14-24(22-10-11-22)16-25(15-21)39(2,3)4/h6-9,12-17,22H,1,10-11,18-20H2,2-5H3,(H,52,53). The van der Waals surface area contributed by atoms with E-state index in [9.17, 15) is 36.3 Å². The van der Waals surface area contributed by atoms with Gasteiger partial charge in [-0.25, -0.2) is 30.8 Å². The topological polar surface area (TPSA) is 104 Å². The van der Waals surface area contributed by atoms with E-state index in [2.05, 4.69) is 22.5 Å². The van der Waals surface area contributed by atoms with Gasteiger partial charge in [0.05, 0.1) is 41.5 Å². The molecule has 1 saturated carbocycles. The molecule has 0 spiro atoms. The number of carbonyl (C=O) groups excluding carboxylic acids is 1. The summed E-state index contributed by atoms with van der Waals surface area (Å²) in [5.74, 6) is -9.87. The maximum absolute atomic E-state index is 15.7. The molecule has 5 rings (SSSR count). The zero-order chi connectivity index (χ0) is 42.4. The minimum absolute atomic E-state index is 0.0229. The third-order valence-electron chi connectivity index (χ3n) is 9.42. The number of aromatic carboxylic acids is 1. The predicted molar refractivity (Wildman–Crippen MR) is 201 cm³/mol. The molecule has 4 aromatic carbocycles. The van der Waals surface area contributed by atoms with Gasteiger partial charge in [-0.2, -0.15) is 17.5 Å². The first-order chi connectivity index (χ1) is 26.5. The van der Waals surface area contributed by atoms with E-state index in [1.807, 2.05) is 32.9 Å². The highest BCUT2D eigenvalue weighted by Gasteiger charge is 2.41. The van der Waals surface area contributed by atoms with Gasteiger partial charge in [0, 0.05) is 17.7 Å². The molecule has 0 heterocycles. The highest BCUT2D eigenvalue weighted by molar-refractivity contribution is 9.10. The first-order valence-electron chi connectivity index (χ1n) is 17.2. The van der Waals surface area contributed by atoms with Gasteiger partial charge in [0.1, 0.15) is 22.3 Å². The molecule has 4 aromatic rings. The van der Waals surface area contributed by atoms with E-state index in [1.54, 1.807) is 6.07 Å². The van der Waals surface area contributed by atoms with Gasteiger partial charge in [-0.3, -0.25) is 4.79 Å². The van der Waals surface area contributed by atoms with Crippen molar-refractivity contribution in [1.82, 2.24) is 4.31 Å². The van der Waals surface area contributed by atoms with E-state index >= 15 is 17.6 Å². The zero-order valence-electron chi connectivity index (χ0n) is 30.9. The lowest BCUT2D eigenvalue weighted by Crippen LogP contribution is -2.43. The minimum Gasteiger partial charge on any atom is -0.495 e. The van der Waals surface area contributed by atoms with Gasteiger partial charge >= 0.3 is 12.1 Å². The number of carboxylic acids is 1. The number of hydrogen-bond acceptors (Lipinski definition) is 5. The van der Waals surface area contributed by atoms with Crippen molar-refractivity contribution in [1.29, 1.82) is 0 Å². The average molecular weight is 886 g/mol. The normalized spacial score (nSPS) is 13.5. The van der Waals surface area contributed by atoms with Crippen molar-refractivity contribution in [2.75, 3.05) is 18.6 Å². The molecule has 57 heavy (non-hydrogen) atoms. The summed E-state index contributed by atoms with van der Waals surface area (Å²) in [7, 11) is -4.59. The number of alkyl halides is 3. The Balaban J connectivity index is 1.73. The van der Waals surface area contributed by atoms with Crippen molar-refractivity contribution in [3.63, 3.8) is 0 Å². The summed E-state index contributed by atoms with van der Waals surface area (Å²) in [6, 6.07) is 10.8. The van der Waals surface area contributed by atoms with E-state index in [0.717, 1.165) is 47.1 Å². The van der Waals surface area contributed by atoms with Crippen LogP contribution in [0.4, 0.5) is 36.4 Å². The summed E-state index contributed by atoms with van der Waals surface area (Å²) in [6.07, 6.45) is -2.88. The lowest BCUT2D eigenvalue weighted by Gasteiger charge is -2.30. The number of rotatable bonds is 13. The Morgan fingerprint density at radius 3 is 2.19 bits per heavy atom. The number of anilines is 1. The fraction of sp³-hybridized carbons (Fsp3) is 0.300. The number of sulfonamides is 1. The molecule has 0 bridgehead atoms. The third-order valence-corrected chi connectivity index (χ3v) is 12.3. The molecule has 17 heteroatoms. The predicted octanol–water partition coefficient (Wildman–Crippen LogP) is 9.97. The molecule has 0 aliphatic heterocycles. The summed E-state index contributed by atoms with van der Waals surface area (Å²) in [4.78, 5) is 25.8. The summed E-state index contributed by atoms with van der Waals surface area (Å²) in [6.45, 7) is 5.70. The lowest BCUT2D eigenvalue weighted by molar-refractivity contribution is -0.138. The van der Waals surface area contributed by atoms with Crippen LogP contribution in [0.1, 0.15) is 83.3 Å². The summed E-state index contributed by atoms with van der Waals surface area (Å²) < 4.78 is 137. The monoisotopic (exact) mass is 884 g/mol. The van der Waals surface area contributed by atoms with Gasteiger partial charge in [-0.05, 0) is 87.1 Å². The molecule has 1 fully saturated rings. The molecule has 0 atom stereocenters. The second-order valence-electron chi connectivity index (χ2n) is 14.4. The highest BCUT2D eigenvalue weighted by atomic mass is 79.9. The number of ether oxygens (including phenoxy) is 1. The number of hydrogen-bond donors (Lipinski definition) is 1. The molecule has 0 saturated heterocycles. The molecule has 1 aliphatic rings. The van der Waals surface area contributed by atoms with E-state index in [0.29, 0.717) is 23.8 Å². The van der Waals surface area contributed by atoms with E-state index in [-0.39, 0.29) is 39.2 Å². The Hall–Kier alpha value is -4.74. The maximum atomic E-state index is 15.7. The number of benzene rings is 4. The van der Waals surface area contributed by atoms with Crippen molar-refractivity contribution in [2.24, 2.45) is 0 Å². The van der Waals surface area contributed by atoms with Gasteiger partial charge in [-0.15, -0.1) is 0 Å². The van der Waals surface area contributed by atoms with E-state index in [4.69, 9.17) is 4.74 Å². The van der Waals surface area contributed by atoms with Gasteiger partial charge in [0.2, 0.25) is 15.9 Å². The van der Waals surface area contributed by atoms with Crippen LogP contribution in [0, 0.1) is 23.3 Å². The van der Waals surface area contributed by atoms with Gasteiger partial charge in [0.15, 0.2) is 11.6 Å². The molecule has 1 aliphatic carbocycles. The number of carbonyl (C=O) groups is 2. The van der Waals surface area contributed by atoms with Crippen LogP contribution in [-0.4, -0.2) is 43.4 Å². The second-order valence-corrected chi connectivity index (χ2v) is 17.1. The van der Waals surface area contributed by atoms with Crippen LogP contribution in [0.5, 0.6) is 5.75 Å². The van der Waals surface area contributed by atoms with Crippen LogP contribution in [0.2, 0.25) is 0 Å². The third kappa shape index (κ3) is 9.05. The Bertz CT molecular complexity index is 2350. The molecular formula is C40H36BrF7N2O6S. The molecule has 0 unspecified atom stereocenters. The van der Waals surface area contributed by atoms with Crippen molar-refractivity contribution in [2.45, 2.75) is 69.1 Å². The van der Waals surface area contributed by atoms with Crippen molar-refractivity contribution >= 4 is 49.6 Å². The van der Waals surface area contributed by atoms with Gasteiger partial charge in [0.25, 0.3) is 0 Å². The molecule has 1 amide bonds. The smallest absolute Gasteiger partial charge is 0.416 e. The highest BCUT2D eigenvalue weighted by Crippen LogP contribution is 2.43. The number of carboxylic acid groups (broad SMARTS) is 1. The van der Waals surface area contributed by atoms with Crippen molar-refractivity contribution in [3.8, 4) is 5.75 Å². The van der Waals surface area contributed by atoms with E-state index < -0.39 is 90.5 Å². The maximum Gasteiger partial charge on any atom is 0.416 e. The second kappa shape index (κ2) is 16.3. The Morgan fingerprint density at radius 1 is 0.965 bits per heavy atom. The zero-order valence-corrected chi connectivity index (χ0v) is 33.3. The summed E-state index contributed by atoms with van der Waals surface area (Å²) in [5.41, 5.74) is -2.40. The molecule has 0 aromatic heterocycles. The van der Waals surface area contributed by atoms with Crippen LogP contribution in [-0.2, 0) is 39.5 Å². The molecular weight excluding hydrogens is 849 g/mol. The van der Waals surface area contributed by atoms with Gasteiger partial charge < -0.3 is 14.7 Å². The number of nitrogens with zero attached hydrogens (tertiary/aromatic N) is 2. The van der Waals surface area contributed by atoms with Crippen LogP contribution in [0.15, 0.2) is 70.5 Å². The van der Waals surface area contributed by atoms with Crippen molar-refractivity contribution < 1.29 is 58.6 Å². The molecule has 1 N–H and O–H groups in total. The number of halogens is 8. The van der Waals surface area contributed by atoms with Crippen LogP contribution in [0.3, 0.4) is 0 Å². The molecule has 8 nitrogen and oxygen atoms in total. The minimum atomic E-state index is -5.76. The first kappa shape index (κ1) is 43.4.